The molecule has 1 saturated carbocycles. The molecule has 0 aromatic carbocycles. The largest absolute Gasteiger partial charge is 0.329 e. The first kappa shape index (κ1) is 12.0. The highest BCUT2D eigenvalue weighted by Gasteiger charge is 2.44. The summed E-state index contributed by atoms with van der Waals surface area (Å²) < 4.78 is 0. The van der Waals surface area contributed by atoms with Gasteiger partial charge in [-0.15, -0.1) is 0 Å². The monoisotopic (exact) mass is 198 g/mol. The molecule has 0 bridgehead atoms. The van der Waals surface area contributed by atoms with Gasteiger partial charge in [-0.1, -0.05) is 20.8 Å². The van der Waals surface area contributed by atoms with Gasteiger partial charge in [-0.05, 0) is 44.7 Å². The maximum Gasteiger partial charge on any atom is 0.0336 e. The Morgan fingerprint density at radius 1 is 1.21 bits per heavy atom. The van der Waals surface area contributed by atoms with Crippen molar-refractivity contribution in [3.05, 3.63) is 0 Å². The zero-order chi connectivity index (χ0) is 10.6. The number of nitrogens with zero attached hydrogens (tertiary/aromatic N) is 1. The van der Waals surface area contributed by atoms with Gasteiger partial charge in [0.2, 0.25) is 0 Å². The van der Waals surface area contributed by atoms with Gasteiger partial charge in [0.15, 0.2) is 0 Å². The van der Waals surface area contributed by atoms with Crippen LogP contribution in [0.4, 0.5) is 0 Å². The van der Waals surface area contributed by atoms with Crippen molar-refractivity contribution >= 4 is 0 Å². The number of hydrogen-bond acceptors (Lipinski definition) is 2. The van der Waals surface area contributed by atoms with E-state index in [0.29, 0.717) is 5.54 Å². The van der Waals surface area contributed by atoms with E-state index in [0.717, 1.165) is 12.5 Å². The molecule has 84 valence electrons. The second-order valence-corrected chi connectivity index (χ2v) is 4.93. The van der Waals surface area contributed by atoms with Crippen LogP contribution in [0, 0.1) is 5.92 Å². The third-order valence-corrected chi connectivity index (χ3v) is 3.49. The Morgan fingerprint density at radius 3 is 2.00 bits per heavy atom. The summed E-state index contributed by atoms with van der Waals surface area (Å²) in [7, 11) is 0. The van der Waals surface area contributed by atoms with Crippen LogP contribution in [0.2, 0.25) is 0 Å². The third-order valence-electron chi connectivity index (χ3n) is 3.49. The maximum absolute atomic E-state index is 5.95. The van der Waals surface area contributed by atoms with Gasteiger partial charge in [-0.25, -0.2) is 0 Å². The van der Waals surface area contributed by atoms with Gasteiger partial charge >= 0.3 is 0 Å². The SMILES string of the molecule is CCCN(CCC)C1(CN)CC(C)C1. The fraction of sp³-hybridized carbons (Fsp3) is 1.00. The molecule has 2 N–H and O–H groups in total. The maximum atomic E-state index is 5.95. The van der Waals surface area contributed by atoms with Gasteiger partial charge in [0.25, 0.3) is 0 Å². The number of rotatable bonds is 6. The second-order valence-electron chi connectivity index (χ2n) is 4.93. The van der Waals surface area contributed by atoms with Crippen molar-refractivity contribution in [1.29, 1.82) is 0 Å². The minimum atomic E-state index is 0.367. The van der Waals surface area contributed by atoms with Gasteiger partial charge in [0.05, 0.1) is 0 Å². The lowest BCUT2D eigenvalue weighted by molar-refractivity contribution is -0.0127. The standard InChI is InChI=1S/C12H26N2/c1-4-6-14(7-5-2)12(10-13)8-11(3)9-12/h11H,4-10,13H2,1-3H3. The normalized spacial score (nSPS) is 31.9. The lowest BCUT2D eigenvalue weighted by atomic mass is 9.68. The molecule has 0 atom stereocenters. The van der Waals surface area contributed by atoms with Gasteiger partial charge < -0.3 is 5.73 Å². The molecule has 1 fully saturated rings. The fourth-order valence-corrected chi connectivity index (χ4v) is 2.92. The van der Waals surface area contributed by atoms with Crippen LogP contribution in [-0.4, -0.2) is 30.1 Å². The van der Waals surface area contributed by atoms with E-state index in [1.807, 2.05) is 0 Å². The van der Waals surface area contributed by atoms with Gasteiger partial charge in [0, 0.05) is 12.1 Å². The Labute approximate surface area is 88.8 Å². The minimum Gasteiger partial charge on any atom is -0.329 e. The lowest BCUT2D eigenvalue weighted by Crippen LogP contribution is -2.61. The molecule has 0 unspecified atom stereocenters. The van der Waals surface area contributed by atoms with E-state index in [2.05, 4.69) is 25.7 Å². The summed E-state index contributed by atoms with van der Waals surface area (Å²) in [6, 6.07) is 0. The molecular weight excluding hydrogens is 172 g/mol. The van der Waals surface area contributed by atoms with Crippen LogP contribution in [0.3, 0.4) is 0 Å². The summed E-state index contributed by atoms with van der Waals surface area (Å²) >= 11 is 0. The summed E-state index contributed by atoms with van der Waals surface area (Å²) in [6.07, 6.45) is 5.11. The number of nitrogens with two attached hydrogens (primary N) is 1. The van der Waals surface area contributed by atoms with E-state index < -0.39 is 0 Å². The average molecular weight is 198 g/mol. The third kappa shape index (κ3) is 2.29. The summed E-state index contributed by atoms with van der Waals surface area (Å²) in [5.74, 6) is 0.884. The Bertz CT molecular complexity index is 156. The first-order chi connectivity index (χ1) is 6.68. The quantitative estimate of drug-likeness (QED) is 0.709. The predicted molar refractivity (Wildman–Crippen MR) is 62.3 cm³/mol. The summed E-state index contributed by atoms with van der Waals surface area (Å²) in [4.78, 5) is 2.63. The van der Waals surface area contributed by atoms with Crippen molar-refractivity contribution in [2.45, 2.75) is 52.0 Å². The first-order valence-corrected chi connectivity index (χ1v) is 6.13. The smallest absolute Gasteiger partial charge is 0.0336 e. The molecule has 0 aromatic heterocycles. The van der Waals surface area contributed by atoms with E-state index >= 15 is 0 Å². The lowest BCUT2D eigenvalue weighted by Gasteiger charge is -2.53. The summed E-state index contributed by atoms with van der Waals surface area (Å²) in [6.45, 7) is 10.1. The van der Waals surface area contributed by atoms with Crippen molar-refractivity contribution < 1.29 is 0 Å². The molecule has 1 aliphatic carbocycles. The van der Waals surface area contributed by atoms with Crippen LogP contribution in [0.25, 0.3) is 0 Å². The molecule has 1 rings (SSSR count). The van der Waals surface area contributed by atoms with Crippen molar-refractivity contribution in [3.63, 3.8) is 0 Å². The van der Waals surface area contributed by atoms with E-state index in [1.165, 1.54) is 38.8 Å². The molecule has 0 amide bonds. The molecule has 2 heteroatoms. The highest BCUT2D eigenvalue weighted by Crippen LogP contribution is 2.41. The topological polar surface area (TPSA) is 29.3 Å². The molecule has 0 aliphatic heterocycles. The van der Waals surface area contributed by atoms with E-state index in [4.69, 9.17) is 5.73 Å². The molecular formula is C12H26N2. The molecule has 0 aromatic rings. The molecule has 0 saturated heterocycles. The molecule has 1 aliphatic rings. The van der Waals surface area contributed by atoms with Gasteiger partial charge in [0.1, 0.15) is 0 Å². The Morgan fingerprint density at radius 2 is 1.71 bits per heavy atom. The Balaban J connectivity index is 2.54. The van der Waals surface area contributed by atoms with E-state index in [9.17, 15) is 0 Å². The highest BCUT2D eigenvalue weighted by atomic mass is 15.2. The van der Waals surface area contributed by atoms with Crippen LogP contribution in [0.1, 0.15) is 46.5 Å². The van der Waals surface area contributed by atoms with Crippen molar-refractivity contribution in [2.24, 2.45) is 11.7 Å². The van der Waals surface area contributed by atoms with Crippen molar-refractivity contribution in [1.82, 2.24) is 4.90 Å². The highest BCUT2D eigenvalue weighted by molar-refractivity contribution is 5.01. The zero-order valence-electron chi connectivity index (χ0n) is 10.1. The predicted octanol–water partition coefficient (Wildman–Crippen LogP) is 2.24. The van der Waals surface area contributed by atoms with E-state index in [-0.39, 0.29) is 0 Å². The van der Waals surface area contributed by atoms with Gasteiger partial charge in [-0.3, -0.25) is 4.90 Å². The first-order valence-electron chi connectivity index (χ1n) is 6.13. The number of hydrogen-bond donors (Lipinski definition) is 1. The molecule has 0 heterocycles. The Kier molecular flexibility index (Phi) is 4.39. The van der Waals surface area contributed by atoms with Crippen LogP contribution in [0.5, 0.6) is 0 Å². The van der Waals surface area contributed by atoms with Crippen molar-refractivity contribution in [2.75, 3.05) is 19.6 Å². The fourth-order valence-electron chi connectivity index (χ4n) is 2.92. The van der Waals surface area contributed by atoms with Crippen molar-refractivity contribution in [3.8, 4) is 0 Å². The van der Waals surface area contributed by atoms with E-state index in [1.54, 1.807) is 0 Å². The molecule has 14 heavy (non-hydrogen) atoms. The van der Waals surface area contributed by atoms with Crippen LogP contribution >= 0.6 is 0 Å². The second kappa shape index (κ2) is 5.13. The Hall–Kier alpha value is -0.0800. The van der Waals surface area contributed by atoms with Gasteiger partial charge in [-0.2, -0.15) is 0 Å². The average Bonchev–Trinajstić information content (AvgIpc) is 2.12. The molecule has 2 nitrogen and oxygen atoms in total. The summed E-state index contributed by atoms with van der Waals surface area (Å²) in [5, 5.41) is 0. The summed E-state index contributed by atoms with van der Waals surface area (Å²) in [5.41, 5.74) is 6.32. The van der Waals surface area contributed by atoms with Crippen LogP contribution in [-0.2, 0) is 0 Å². The molecule has 0 radical (unpaired) electrons. The molecule has 0 spiro atoms. The van der Waals surface area contributed by atoms with Crippen LogP contribution < -0.4 is 5.73 Å². The van der Waals surface area contributed by atoms with Crippen LogP contribution in [0.15, 0.2) is 0 Å². The minimum absolute atomic E-state index is 0.367. The zero-order valence-corrected chi connectivity index (χ0v) is 10.1.